The molecular formula is C19H20Cl2F2N4O. The predicted octanol–water partition coefficient (Wildman–Crippen LogP) is 5.52. The second-order valence-electron chi connectivity index (χ2n) is 6.31. The Balaban J connectivity index is 1.80. The fraction of sp³-hybridized carbons (Fsp3) is 0.368. The predicted molar refractivity (Wildman–Crippen MR) is 106 cm³/mol. The van der Waals surface area contributed by atoms with Crippen LogP contribution in [0.2, 0.25) is 10.4 Å². The molecular weight excluding hydrogens is 409 g/mol. The summed E-state index contributed by atoms with van der Waals surface area (Å²) in [7, 11) is 0. The first kappa shape index (κ1) is 20.8. The van der Waals surface area contributed by atoms with Crippen LogP contribution in [0.1, 0.15) is 29.5 Å². The van der Waals surface area contributed by atoms with Crippen LogP contribution in [0.25, 0.3) is 5.52 Å². The van der Waals surface area contributed by atoms with Crippen molar-refractivity contribution in [3.8, 4) is 0 Å². The summed E-state index contributed by atoms with van der Waals surface area (Å²) in [6, 6.07) is 9.91. The molecule has 0 bridgehead atoms. The quantitative estimate of drug-likeness (QED) is 0.456. The molecule has 28 heavy (non-hydrogen) atoms. The SMILES string of the molecule is Cc1c(CCCCOC(F)F)c(Cl)n2nc(Cl)nc(NCc3ccccc3)c12. The fourth-order valence-corrected chi connectivity index (χ4v) is 3.59. The largest absolute Gasteiger partial charge is 0.364 e. The van der Waals surface area contributed by atoms with E-state index >= 15 is 0 Å². The van der Waals surface area contributed by atoms with Crippen molar-refractivity contribution in [2.24, 2.45) is 0 Å². The number of nitrogens with zero attached hydrogens (tertiary/aromatic N) is 3. The van der Waals surface area contributed by atoms with Crippen molar-refractivity contribution in [2.45, 2.75) is 39.3 Å². The molecule has 0 aliphatic rings. The van der Waals surface area contributed by atoms with Gasteiger partial charge in [-0.05, 0) is 54.5 Å². The van der Waals surface area contributed by atoms with E-state index in [9.17, 15) is 8.78 Å². The van der Waals surface area contributed by atoms with Gasteiger partial charge < -0.3 is 10.1 Å². The number of rotatable bonds is 9. The summed E-state index contributed by atoms with van der Waals surface area (Å²) in [5, 5.41) is 8.05. The van der Waals surface area contributed by atoms with E-state index in [1.807, 2.05) is 37.3 Å². The van der Waals surface area contributed by atoms with Gasteiger partial charge in [0.2, 0.25) is 5.28 Å². The van der Waals surface area contributed by atoms with Crippen LogP contribution < -0.4 is 5.32 Å². The number of halogens is 4. The Bertz CT molecular complexity index is 935. The Morgan fingerprint density at radius 2 is 1.93 bits per heavy atom. The zero-order valence-electron chi connectivity index (χ0n) is 15.3. The second kappa shape index (κ2) is 9.49. The van der Waals surface area contributed by atoms with E-state index in [4.69, 9.17) is 23.2 Å². The van der Waals surface area contributed by atoms with E-state index in [0.717, 1.165) is 22.2 Å². The molecule has 5 nitrogen and oxygen atoms in total. The molecule has 0 fully saturated rings. The molecule has 0 amide bonds. The van der Waals surface area contributed by atoms with E-state index in [0.29, 0.717) is 36.8 Å². The lowest BCUT2D eigenvalue weighted by molar-refractivity contribution is -0.129. The van der Waals surface area contributed by atoms with Crippen LogP contribution in [-0.4, -0.2) is 27.8 Å². The summed E-state index contributed by atoms with van der Waals surface area (Å²) in [5.74, 6) is 0.593. The summed E-state index contributed by atoms with van der Waals surface area (Å²) in [4.78, 5) is 4.32. The number of hydrogen-bond donors (Lipinski definition) is 1. The average molecular weight is 429 g/mol. The van der Waals surface area contributed by atoms with Gasteiger partial charge in [-0.3, -0.25) is 0 Å². The summed E-state index contributed by atoms with van der Waals surface area (Å²) in [6.45, 7) is -0.209. The van der Waals surface area contributed by atoms with Gasteiger partial charge in [-0.25, -0.2) is 4.52 Å². The zero-order chi connectivity index (χ0) is 20.1. The van der Waals surface area contributed by atoms with Crippen molar-refractivity contribution in [1.29, 1.82) is 0 Å². The van der Waals surface area contributed by atoms with Gasteiger partial charge in [0.25, 0.3) is 0 Å². The third kappa shape index (κ3) is 4.90. The van der Waals surface area contributed by atoms with E-state index in [1.165, 1.54) is 0 Å². The van der Waals surface area contributed by atoms with Crippen molar-refractivity contribution in [3.63, 3.8) is 0 Å². The molecule has 3 aromatic rings. The Labute approximate surface area is 171 Å². The molecule has 0 spiro atoms. The van der Waals surface area contributed by atoms with Crippen molar-refractivity contribution >= 4 is 34.5 Å². The highest BCUT2D eigenvalue weighted by molar-refractivity contribution is 6.31. The molecule has 0 saturated heterocycles. The highest BCUT2D eigenvalue weighted by Gasteiger charge is 2.19. The molecule has 150 valence electrons. The van der Waals surface area contributed by atoms with Gasteiger partial charge in [-0.1, -0.05) is 41.9 Å². The molecule has 0 unspecified atom stereocenters. The standard InChI is InChI=1S/C19H20Cl2F2N4O/c1-12-14(9-5-6-10-28-19(22)23)16(20)27-15(12)17(25-18(21)26-27)24-11-13-7-3-2-4-8-13/h2-4,7-8,19H,5-6,9-11H2,1H3,(H,24,25,26). The Morgan fingerprint density at radius 1 is 1.18 bits per heavy atom. The summed E-state index contributed by atoms with van der Waals surface area (Å²) in [6.07, 6.45) is 1.80. The number of alkyl halides is 2. The zero-order valence-corrected chi connectivity index (χ0v) is 16.8. The number of hydrogen-bond acceptors (Lipinski definition) is 4. The second-order valence-corrected chi connectivity index (χ2v) is 7.01. The summed E-state index contributed by atoms with van der Waals surface area (Å²) >= 11 is 12.6. The van der Waals surface area contributed by atoms with Crippen molar-refractivity contribution in [2.75, 3.05) is 11.9 Å². The first-order valence-corrected chi connectivity index (χ1v) is 9.63. The number of nitrogens with one attached hydrogen (secondary N) is 1. The maximum Gasteiger partial charge on any atom is 0.345 e. The summed E-state index contributed by atoms with van der Waals surface area (Å²) < 4.78 is 30.0. The van der Waals surface area contributed by atoms with Crippen LogP contribution >= 0.6 is 23.2 Å². The third-order valence-corrected chi connectivity index (χ3v) is 4.98. The smallest absolute Gasteiger partial charge is 0.345 e. The van der Waals surface area contributed by atoms with Gasteiger partial charge >= 0.3 is 6.61 Å². The minimum atomic E-state index is -2.74. The highest BCUT2D eigenvalue weighted by atomic mass is 35.5. The van der Waals surface area contributed by atoms with Gasteiger partial charge in [0.05, 0.1) is 6.61 Å². The number of anilines is 1. The molecule has 0 atom stereocenters. The maximum absolute atomic E-state index is 12.0. The molecule has 0 radical (unpaired) electrons. The van der Waals surface area contributed by atoms with Crippen LogP contribution in [0.5, 0.6) is 0 Å². The Kier molecular flexibility index (Phi) is 7.04. The van der Waals surface area contributed by atoms with Crippen LogP contribution in [0, 0.1) is 6.92 Å². The lowest BCUT2D eigenvalue weighted by Crippen LogP contribution is -2.06. The lowest BCUT2D eigenvalue weighted by atomic mass is 10.1. The van der Waals surface area contributed by atoms with Gasteiger partial charge in [-0.15, -0.1) is 5.10 Å². The number of unbranched alkanes of at least 4 members (excludes halogenated alkanes) is 1. The molecule has 1 aromatic carbocycles. The highest BCUT2D eigenvalue weighted by Crippen LogP contribution is 2.32. The topological polar surface area (TPSA) is 51.5 Å². The minimum Gasteiger partial charge on any atom is -0.364 e. The van der Waals surface area contributed by atoms with Gasteiger partial charge in [0.1, 0.15) is 10.7 Å². The van der Waals surface area contributed by atoms with E-state index in [2.05, 4.69) is 20.1 Å². The Morgan fingerprint density at radius 3 is 2.64 bits per heavy atom. The number of fused-ring (bicyclic) bond motifs is 1. The van der Waals surface area contributed by atoms with E-state index < -0.39 is 6.61 Å². The number of aryl methyl sites for hydroxylation is 1. The normalized spacial score (nSPS) is 11.5. The molecule has 3 rings (SSSR count). The third-order valence-electron chi connectivity index (χ3n) is 4.43. The molecule has 0 saturated carbocycles. The van der Waals surface area contributed by atoms with Crippen molar-refractivity contribution in [3.05, 3.63) is 57.5 Å². The molecule has 2 heterocycles. The fourth-order valence-electron chi connectivity index (χ4n) is 3.08. The number of ether oxygens (including phenoxy) is 1. The van der Waals surface area contributed by atoms with Gasteiger partial charge in [0.15, 0.2) is 5.82 Å². The molecule has 1 N–H and O–H groups in total. The first-order valence-electron chi connectivity index (χ1n) is 8.88. The first-order chi connectivity index (χ1) is 13.5. The average Bonchev–Trinajstić information content (AvgIpc) is 2.91. The van der Waals surface area contributed by atoms with Crippen LogP contribution in [0.4, 0.5) is 14.6 Å². The number of benzene rings is 1. The van der Waals surface area contributed by atoms with E-state index in [1.54, 1.807) is 4.52 Å². The maximum atomic E-state index is 12.0. The minimum absolute atomic E-state index is 0.0111. The molecule has 9 heteroatoms. The Hall–Kier alpha value is -1.96. The van der Waals surface area contributed by atoms with E-state index in [-0.39, 0.29) is 11.9 Å². The molecule has 0 aliphatic heterocycles. The van der Waals surface area contributed by atoms with Crippen LogP contribution in [0.3, 0.4) is 0 Å². The monoisotopic (exact) mass is 428 g/mol. The van der Waals surface area contributed by atoms with Gasteiger partial charge in [-0.2, -0.15) is 13.8 Å². The van der Waals surface area contributed by atoms with Crippen molar-refractivity contribution < 1.29 is 13.5 Å². The van der Waals surface area contributed by atoms with Gasteiger partial charge in [0, 0.05) is 6.54 Å². The van der Waals surface area contributed by atoms with Crippen molar-refractivity contribution in [1.82, 2.24) is 14.6 Å². The molecule has 0 aliphatic carbocycles. The van der Waals surface area contributed by atoms with Crippen LogP contribution in [0.15, 0.2) is 30.3 Å². The molecule has 2 aromatic heterocycles. The van der Waals surface area contributed by atoms with Crippen LogP contribution in [-0.2, 0) is 17.7 Å². The summed E-state index contributed by atoms with van der Waals surface area (Å²) in [5.41, 5.74) is 3.69. The lowest BCUT2D eigenvalue weighted by Gasteiger charge is -2.09. The number of aromatic nitrogens is 3.